The molecule has 0 unspecified atom stereocenters. The maximum Gasteiger partial charge on any atom is 0.314 e. The maximum atomic E-state index is 11.0. The summed E-state index contributed by atoms with van der Waals surface area (Å²) < 4.78 is 0.934. The molecule has 5 nitrogen and oxygen atoms in total. The number of nitriles is 1. The topological polar surface area (TPSA) is 82.2 Å². The standard InChI is InChI=1S/C13H15BrN4O/c14-10-2-1-9(8-15)12(7-10)17-11-3-5-18(6-4-11)13(16)19/h1-2,7,11,17H,3-6H2,(H2,16,19). The minimum absolute atomic E-state index is 0.261. The number of benzene rings is 1. The largest absolute Gasteiger partial charge is 0.381 e. The van der Waals surface area contributed by atoms with Crippen LogP contribution in [0.4, 0.5) is 10.5 Å². The van der Waals surface area contributed by atoms with Crippen LogP contribution >= 0.6 is 15.9 Å². The van der Waals surface area contributed by atoms with Crippen molar-refractivity contribution in [2.24, 2.45) is 5.73 Å². The molecule has 100 valence electrons. The van der Waals surface area contributed by atoms with E-state index in [2.05, 4.69) is 27.3 Å². The molecule has 2 rings (SSSR count). The molecule has 0 radical (unpaired) electrons. The van der Waals surface area contributed by atoms with E-state index in [0.29, 0.717) is 18.7 Å². The maximum absolute atomic E-state index is 11.0. The molecule has 1 aromatic carbocycles. The third kappa shape index (κ3) is 3.38. The summed E-state index contributed by atoms with van der Waals surface area (Å²) in [4.78, 5) is 12.7. The molecule has 0 spiro atoms. The Kier molecular flexibility index (Phi) is 4.27. The first-order valence-electron chi connectivity index (χ1n) is 6.10. The van der Waals surface area contributed by atoms with Crippen LogP contribution in [0.15, 0.2) is 22.7 Å². The number of nitrogens with two attached hydrogens (primary N) is 1. The van der Waals surface area contributed by atoms with Crippen LogP contribution in [0.25, 0.3) is 0 Å². The molecule has 1 heterocycles. The molecule has 0 bridgehead atoms. The van der Waals surface area contributed by atoms with Crippen molar-refractivity contribution in [2.45, 2.75) is 18.9 Å². The molecule has 1 aliphatic rings. The van der Waals surface area contributed by atoms with Gasteiger partial charge in [0, 0.05) is 23.6 Å². The Morgan fingerprint density at radius 1 is 1.47 bits per heavy atom. The van der Waals surface area contributed by atoms with Gasteiger partial charge in [-0.15, -0.1) is 0 Å². The van der Waals surface area contributed by atoms with Crippen LogP contribution in [0, 0.1) is 11.3 Å². The Bertz CT molecular complexity index is 518. The molecular weight excluding hydrogens is 308 g/mol. The average Bonchev–Trinajstić information content (AvgIpc) is 2.39. The number of amides is 2. The van der Waals surface area contributed by atoms with Gasteiger partial charge in [0.1, 0.15) is 6.07 Å². The van der Waals surface area contributed by atoms with Crippen molar-refractivity contribution in [1.29, 1.82) is 5.26 Å². The number of nitrogens with one attached hydrogen (secondary N) is 1. The van der Waals surface area contributed by atoms with E-state index >= 15 is 0 Å². The van der Waals surface area contributed by atoms with Crippen LogP contribution in [0.3, 0.4) is 0 Å². The number of piperidine rings is 1. The lowest BCUT2D eigenvalue weighted by Crippen LogP contribution is -2.44. The summed E-state index contributed by atoms with van der Waals surface area (Å²) in [6.45, 7) is 1.31. The third-order valence-electron chi connectivity index (χ3n) is 3.27. The number of primary amides is 1. The second-order valence-electron chi connectivity index (χ2n) is 4.55. The van der Waals surface area contributed by atoms with Gasteiger partial charge >= 0.3 is 6.03 Å². The van der Waals surface area contributed by atoms with Crippen molar-refractivity contribution in [3.05, 3.63) is 28.2 Å². The minimum atomic E-state index is -0.362. The number of anilines is 1. The Morgan fingerprint density at radius 2 is 2.16 bits per heavy atom. The molecule has 0 aliphatic carbocycles. The number of urea groups is 1. The summed E-state index contributed by atoms with van der Waals surface area (Å²) in [5, 5.41) is 12.4. The molecule has 2 amide bonds. The van der Waals surface area contributed by atoms with E-state index in [1.165, 1.54) is 0 Å². The van der Waals surface area contributed by atoms with Gasteiger partial charge in [0.05, 0.1) is 11.3 Å². The first-order chi connectivity index (χ1) is 9.10. The van der Waals surface area contributed by atoms with Gasteiger partial charge in [-0.05, 0) is 31.0 Å². The van der Waals surface area contributed by atoms with Gasteiger partial charge in [0.25, 0.3) is 0 Å². The zero-order valence-electron chi connectivity index (χ0n) is 10.4. The lowest BCUT2D eigenvalue weighted by molar-refractivity contribution is 0.193. The second-order valence-corrected chi connectivity index (χ2v) is 5.46. The summed E-state index contributed by atoms with van der Waals surface area (Å²) in [6.07, 6.45) is 1.67. The number of likely N-dealkylation sites (tertiary alicyclic amines) is 1. The monoisotopic (exact) mass is 322 g/mol. The van der Waals surface area contributed by atoms with Crippen molar-refractivity contribution in [3.63, 3.8) is 0 Å². The third-order valence-corrected chi connectivity index (χ3v) is 3.76. The number of nitrogens with zero attached hydrogens (tertiary/aromatic N) is 2. The number of hydrogen-bond donors (Lipinski definition) is 2. The highest BCUT2D eigenvalue weighted by Gasteiger charge is 2.21. The lowest BCUT2D eigenvalue weighted by Gasteiger charge is -2.31. The van der Waals surface area contributed by atoms with Crippen molar-refractivity contribution in [2.75, 3.05) is 18.4 Å². The first kappa shape index (κ1) is 13.7. The zero-order chi connectivity index (χ0) is 13.8. The van der Waals surface area contributed by atoms with Gasteiger partial charge in [0.2, 0.25) is 0 Å². The quantitative estimate of drug-likeness (QED) is 0.876. The molecule has 0 aromatic heterocycles. The summed E-state index contributed by atoms with van der Waals surface area (Å²) in [7, 11) is 0. The van der Waals surface area contributed by atoms with Crippen LogP contribution in [0.5, 0.6) is 0 Å². The van der Waals surface area contributed by atoms with Gasteiger partial charge in [-0.25, -0.2) is 4.79 Å². The fourth-order valence-electron chi connectivity index (χ4n) is 2.20. The summed E-state index contributed by atoms with van der Waals surface area (Å²) >= 11 is 3.40. The van der Waals surface area contributed by atoms with Crippen LogP contribution in [0.2, 0.25) is 0 Å². The average molecular weight is 323 g/mol. The van der Waals surface area contributed by atoms with E-state index in [0.717, 1.165) is 23.0 Å². The molecule has 3 N–H and O–H groups in total. The van der Waals surface area contributed by atoms with E-state index in [9.17, 15) is 4.79 Å². The summed E-state index contributed by atoms with van der Waals surface area (Å²) in [5.74, 6) is 0. The number of hydrogen-bond acceptors (Lipinski definition) is 3. The molecule has 0 atom stereocenters. The van der Waals surface area contributed by atoms with Crippen LogP contribution in [-0.2, 0) is 0 Å². The highest BCUT2D eigenvalue weighted by Crippen LogP contribution is 2.23. The normalized spacial score (nSPS) is 15.9. The number of halogens is 1. The van der Waals surface area contributed by atoms with Crippen LogP contribution in [-0.4, -0.2) is 30.1 Å². The molecule has 1 fully saturated rings. The van der Waals surface area contributed by atoms with E-state index in [4.69, 9.17) is 11.0 Å². The van der Waals surface area contributed by atoms with Crippen molar-refractivity contribution in [1.82, 2.24) is 4.90 Å². The highest BCUT2D eigenvalue weighted by molar-refractivity contribution is 9.10. The Hall–Kier alpha value is -1.74. The Balaban J connectivity index is 2.01. The Labute approximate surface area is 120 Å². The van der Waals surface area contributed by atoms with E-state index in [-0.39, 0.29) is 12.1 Å². The smallest absolute Gasteiger partial charge is 0.314 e. The highest BCUT2D eigenvalue weighted by atomic mass is 79.9. The first-order valence-corrected chi connectivity index (χ1v) is 6.90. The minimum Gasteiger partial charge on any atom is -0.381 e. The molecule has 19 heavy (non-hydrogen) atoms. The fourth-order valence-corrected chi connectivity index (χ4v) is 2.56. The van der Waals surface area contributed by atoms with E-state index in [1.807, 2.05) is 12.1 Å². The molecule has 1 aromatic rings. The van der Waals surface area contributed by atoms with Crippen LogP contribution in [0.1, 0.15) is 18.4 Å². The van der Waals surface area contributed by atoms with Gasteiger partial charge in [-0.2, -0.15) is 5.26 Å². The number of carbonyl (C=O) groups excluding carboxylic acids is 1. The zero-order valence-corrected chi connectivity index (χ0v) is 12.0. The lowest BCUT2D eigenvalue weighted by atomic mass is 10.0. The number of rotatable bonds is 2. The Morgan fingerprint density at radius 3 is 2.74 bits per heavy atom. The van der Waals surface area contributed by atoms with Gasteiger partial charge in [-0.3, -0.25) is 0 Å². The summed E-state index contributed by atoms with van der Waals surface area (Å²) in [5.41, 5.74) is 6.70. The summed E-state index contributed by atoms with van der Waals surface area (Å²) in [6, 6.07) is 7.60. The van der Waals surface area contributed by atoms with Gasteiger partial charge in [-0.1, -0.05) is 15.9 Å². The van der Waals surface area contributed by atoms with Crippen molar-refractivity contribution >= 4 is 27.6 Å². The fraction of sp³-hybridized carbons (Fsp3) is 0.385. The predicted octanol–water partition coefficient (Wildman–Crippen LogP) is 2.28. The SMILES string of the molecule is N#Cc1ccc(Br)cc1NC1CCN(C(N)=O)CC1. The molecule has 1 aliphatic heterocycles. The van der Waals surface area contributed by atoms with Gasteiger partial charge in [0.15, 0.2) is 0 Å². The van der Waals surface area contributed by atoms with E-state index < -0.39 is 0 Å². The molecular formula is C13H15BrN4O. The van der Waals surface area contributed by atoms with Crippen molar-refractivity contribution < 1.29 is 4.79 Å². The number of carbonyl (C=O) groups is 1. The predicted molar refractivity (Wildman–Crippen MR) is 76.7 cm³/mol. The van der Waals surface area contributed by atoms with Crippen molar-refractivity contribution in [3.8, 4) is 6.07 Å². The van der Waals surface area contributed by atoms with Gasteiger partial charge < -0.3 is 16.0 Å². The second kappa shape index (κ2) is 5.93. The van der Waals surface area contributed by atoms with E-state index in [1.54, 1.807) is 11.0 Å². The molecule has 1 saturated heterocycles. The molecule has 0 saturated carbocycles. The molecule has 6 heteroatoms. The van der Waals surface area contributed by atoms with Crippen LogP contribution < -0.4 is 11.1 Å².